The normalized spacial score (nSPS) is 15.5. The molecule has 2 aromatic rings. The van der Waals surface area contributed by atoms with Crippen molar-refractivity contribution in [3.8, 4) is 5.88 Å². The lowest BCUT2D eigenvalue weighted by atomic mass is 9.89. The average molecular weight is 365 g/mol. The number of hydrogen-bond donors (Lipinski definition) is 0. The summed E-state index contributed by atoms with van der Waals surface area (Å²) in [4.78, 5) is 0. The van der Waals surface area contributed by atoms with E-state index in [1.807, 2.05) is 10.7 Å². The summed E-state index contributed by atoms with van der Waals surface area (Å²) in [6.07, 6.45) is 8.53. The Labute approximate surface area is 154 Å². The molecule has 0 aliphatic heterocycles. The van der Waals surface area contributed by atoms with Crippen LogP contribution in [0, 0.1) is 11.7 Å². The Kier molecular flexibility index (Phi) is 6.35. The van der Waals surface area contributed by atoms with E-state index in [9.17, 15) is 4.39 Å². The van der Waals surface area contributed by atoms with Crippen LogP contribution in [0.2, 0.25) is 5.02 Å². The number of hydrogen-bond acceptors (Lipinski definition) is 2. The SMILES string of the molecule is CCCc1cc(OCc2ccc(F)cc2Cl)n(CC2CCCCC2)n1. The highest BCUT2D eigenvalue weighted by Gasteiger charge is 2.18. The van der Waals surface area contributed by atoms with Gasteiger partial charge in [0.05, 0.1) is 10.7 Å². The molecule has 0 atom stereocenters. The first-order valence-corrected chi connectivity index (χ1v) is 9.67. The highest BCUT2D eigenvalue weighted by molar-refractivity contribution is 6.31. The molecule has 0 saturated heterocycles. The molecule has 1 fully saturated rings. The number of nitrogens with zero attached hydrogens (tertiary/aromatic N) is 2. The Morgan fingerprint density at radius 1 is 1.24 bits per heavy atom. The van der Waals surface area contributed by atoms with Crippen molar-refractivity contribution in [3.63, 3.8) is 0 Å². The van der Waals surface area contributed by atoms with Crippen LogP contribution in [0.3, 0.4) is 0 Å². The van der Waals surface area contributed by atoms with Crippen LogP contribution in [0.15, 0.2) is 24.3 Å². The second-order valence-corrected chi connectivity index (χ2v) is 7.34. The molecule has 1 saturated carbocycles. The van der Waals surface area contributed by atoms with E-state index in [-0.39, 0.29) is 5.82 Å². The molecule has 1 aliphatic rings. The van der Waals surface area contributed by atoms with Gasteiger partial charge in [-0.3, -0.25) is 0 Å². The molecule has 0 spiro atoms. The summed E-state index contributed by atoms with van der Waals surface area (Å²) in [5.74, 6) is 1.13. The van der Waals surface area contributed by atoms with Crippen LogP contribution in [-0.4, -0.2) is 9.78 Å². The number of ether oxygens (including phenoxy) is 1. The van der Waals surface area contributed by atoms with Gasteiger partial charge in [0.25, 0.3) is 0 Å². The molecule has 136 valence electrons. The van der Waals surface area contributed by atoms with Crippen LogP contribution >= 0.6 is 11.6 Å². The number of aryl methyl sites for hydroxylation is 1. The summed E-state index contributed by atoms with van der Waals surface area (Å²) >= 11 is 6.10. The van der Waals surface area contributed by atoms with Gasteiger partial charge in [-0.15, -0.1) is 0 Å². The quantitative estimate of drug-likeness (QED) is 0.622. The van der Waals surface area contributed by atoms with Crippen LogP contribution in [0.25, 0.3) is 0 Å². The van der Waals surface area contributed by atoms with Crippen molar-refractivity contribution < 1.29 is 9.13 Å². The summed E-state index contributed by atoms with van der Waals surface area (Å²) in [5, 5.41) is 5.14. The highest BCUT2D eigenvalue weighted by atomic mass is 35.5. The molecule has 0 amide bonds. The van der Waals surface area contributed by atoms with Crippen molar-refractivity contribution in [1.82, 2.24) is 9.78 Å². The maximum atomic E-state index is 13.2. The minimum atomic E-state index is -0.332. The molecule has 0 bridgehead atoms. The van der Waals surface area contributed by atoms with Gasteiger partial charge in [-0.25, -0.2) is 9.07 Å². The van der Waals surface area contributed by atoms with E-state index in [4.69, 9.17) is 21.4 Å². The largest absolute Gasteiger partial charge is 0.473 e. The van der Waals surface area contributed by atoms with Crippen LogP contribution in [-0.2, 0) is 19.6 Å². The molecule has 1 aromatic carbocycles. The summed E-state index contributed by atoms with van der Waals surface area (Å²) in [6, 6.07) is 6.44. The summed E-state index contributed by atoms with van der Waals surface area (Å²) < 4.78 is 21.2. The average Bonchev–Trinajstić information content (AvgIpc) is 2.97. The van der Waals surface area contributed by atoms with Crippen LogP contribution < -0.4 is 4.74 Å². The molecule has 1 aromatic heterocycles. The fourth-order valence-electron chi connectivity index (χ4n) is 3.48. The molecule has 1 aliphatic carbocycles. The maximum Gasteiger partial charge on any atom is 0.212 e. The molecule has 0 N–H and O–H groups in total. The first-order chi connectivity index (χ1) is 12.2. The fourth-order valence-corrected chi connectivity index (χ4v) is 3.70. The van der Waals surface area contributed by atoms with Crippen molar-refractivity contribution in [2.24, 2.45) is 5.92 Å². The third-order valence-corrected chi connectivity index (χ3v) is 5.20. The Bertz CT molecular complexity index is 695. The van der Waals surface area contributed by atoms with Crippen molar-refractivity contribution >= 4 is 11.6 Å². The monoisotopic (exact) mass is 364 g/mol. The Balaban J connectivity index is 1.71. The van der Waals surface area contributed by atoms with E-state index in [2.05, 4.69) is 6.92 Å². The van der Waals surface area contributed by atoms with E-state index in [0.717, 1.165) is 36.5 Å². The van der Waals surface area contributed by atoms with Crippen LogP contribution in [0.4, 0.5) is 4.39 Å². The lowest BCUT2D eigenvalue weighted by Crippen LogP contribution is -2.16. The standard InChI is InChI=1S/C20H26ClFN2O/c1-2-6-18-12-20(24(23-18)13-15-7-4-3-5-8-15)25-14-16-9-10-17(22)11-19(16)21/h9-12,15H,2-8,13-14H2,1H3. The summed E-state index contributed by atoms with van der Waals surface area (Å²) in [7, 11) is 0. The van der Waals surface area contributed by atoms with E-state index in [1.54, 1.807) is 6.07 Å². The van der Waals surface area contributed by atoms with Gasteiger partial charge in [-0.1, -0.05) is 50.3 Å². The molecule has 3 rings (SSSR count). The molecular formula is C20H26ClFN2O. The molecule has 0 radical (unpaired) electrons. The van der Waals surface area contributed by atoms with Gasteiger partial charge in [-0.05, 0) is 37.3 Å². The third-order valence-electron chi connectivity index (χ3n) is 4.85. The van der Waals surface area contributed by atoms with Gasteiger partial charge in [0.1, 0.15) is 12.4 Å². The van der Waals surface area contributed by atoms with Crippen molar-refractivity contribution in [3.05, 3.63) is 46.4 Å². The topological polar surface area (TPSA) is 27.1 Å². The van der Waals surface area contributed by atoms with Gasteiger partial charge in [-0.2, -0.15) is 5.10 Å². The number of benzene rings is 1. The third kappa shape index (κ3) is 4.97. The predicted molar refractivity (Wildman–Crippen MR) is 98.5 cm³/mol. The Morgan fingerprint density at radius 2 is 2.04 bits per heavy atom. The van der Waals surface area contributed by atoms with Gasteiger partial charge < -0.3 is 4.74 Å². The van der Waals surface area contributed by atoms with E-state index >= 15 is 0 Å². The minimum absolute atomic E-state index is 0.320. The molecule has 0 unspecified atom stereocenters. The zero-order valence-electron chi connectivity index (χ0n) is 14.8. The second-order valence-electron chi connectivity index (χ2n) is 6.93. The van der Waals surface area contributed by atoms with Crippen LogP contribution in [0.1, 0.15) is 56.7 Å². The smallest absolute Gasteiger partial charge is 0.212 e. The number of halogens is 2. The minimum Gasteiger partial charge on any atom is -0.473 e. The summed E-state index contributed by atoms with van der Waals surface area (Å²) in [5.41, 5.74) is 1.85. The van der Waals surface area contributed by atoms with Gasteiger partial charge in [0.2, 0.25) is 5.88 Å². The van der Waals surface area contributed by atoms with Gasteiger partial charge >= 0.3 is 0 Å². The second kappa shape index (κ2) is 8.70. The highest BCUT2D eigenvalue weighted by Crippen LogP contribution is 2.28. The molecule has 5 heteroatoms. The molecule has 3 nitrogen and oxygen atoms in total. The lowest BCUT2D eigenvalue weighted by Gasteiger charge is -2.22. The molecule has 1 heterocycles. The summed E-state index contributed by atoms with van der Waals surface area (Å²) in [6.45, 7) is 3.39. The molecular weight excluding hydrogens is 339 g/mol. The lowest BCUT2D eigenvalue weighted by molar-refractivity contribution is 0.245. The fraction of sp³-hybridized carbons (Fsp3) is 0.550. The Hall–Kier alpha value is -1.55. The van der Waals surface area contributed by atoms with Crippen molar-refractivity contribution in [2.75, 3.05) is 0 Å². The Morgan fingerprint density at radius 3 is 2.76 bits per heavy atom. The predicted octanol–water partition coefficient (Wildman–Crippen LogP) is 5.79. The first-order valence-electron chi connectivity index (χ1n) is 9.29. The van der Waals surface area contributed by atoms with Crippen molar-refractivity contribution in [2.45, 2.75) is 65.0 Å². The number of aromatic nitrogens is 2. The van der Waals surface area contributed by atoms with E-state index in [0.29, 0.717) is 17.5 Å². The zero-order valence-corrected chi connectivity index (χ0v) is 15.6. The zero-order chi connectivity index (χ0) is 17.6. The number of rotatable bonds is 7. The van der Waals surface area contributed by atoms with Crippen LogP contribution in [0.5, 0.6) is 5.88 Å². The van der Waals surface area contributed by atoms with Crippen molar-refractivity contribution in [1.29, 1.82) is 0 Å². The maximum absolute atomic E-state index is 13.2. The van der Waals surface area contributed by atoms with Gasteiger partial charge in [0.15, 0.2) is 0 Å². The van der Waals surface area contributed by atoms with E-state index in [1.165, 1.54) is 44.2 Å². The van der Waals surface area contributed by atoms with E-state index < -0.39 is 0 Å². The van der Waals surface area contributed by atoms with Gasteiger partial charge in [0, 0.05) is 18.2 Å². The molecule has 25 heavy (non-hydrogen) atoms. The first kappa shape index (κ1) is 18.2.